The van der Waals surface area contributed by atoms with Crippen molar-refractivity contribution in [2.24, 2.45) is 5.92 Å². The van der Waals surface area contributed by atoms with Gasteiger partial charge in [-0.1, -0.05) is 42.5 Å². The monoisotopic (exact) mass is 406 g/mol. The zero-order chi connectivity index (χ0) is 18.0. The maximum absolute atomic E-state index is 12.9. The minimum Gasteiger partial charge on any atom is -0.298 e. The lowest BCUT2D eigenvalue weighted by Crippen LogP contribution is -2.44. The second-order valence-corrected chi connectivity index (χ2v) is 9.38. The second kappa shape index (κ2) is 8.74. The van der Waals surface area contributed by atoms with Crippen molar-refractivity contribution in [2.75, 3.05) is 26.2 Å². The third-order valence-corrected chi connectivity index (χ3v) is 7.47. The van der Waals surface area contributed by atoms with E-state index in [1.54, 1.807) is 28.6 Å². The lowest BCUT2D eigenvalue weighted by molar-refractivity contribution is 0.167. The fourth-order valence-electron chi connectivity index (χ4n) is 4.21. The standard InChI is InChI=1S/C21H26N2O2S.ClH/c24-26(25,21-10-2-1-3-11-21)23-13-6-7-18(16-23)15-22-14-12-19-8-4-5-9-20(19)17-22;/h1-5,8-11,18H,6-7,12-17H2;1H. The molecule has 0 spiro atoms. The van der Waals surface area contributed by atoms with E-state index in [2.05, 4.69) is 29.2 Å². The average Bonchev–Trinajstić information content (AvgIpc) is 2.69. The van der Waals surface area contributed by atoms with E-state index in [1.807, 2.05) is 6.07 Å². The highest BCUT2D eigenvalue weighted by atomic mass is 35.5. The summed E-state index contributed by atoms with van der Waals surface area (Å²) >= 11 is 0. The number of hydrogen-bond donors (Lipinski definition) is 0. The lowest BCUT2D eigenvalue weighted by atomic mass is 9.95. The molecular formula is C21H27ClN2O2S. The smallest absolute Gasteiger partial charge is 0.243 e. The number of hydrogen-bond acceptors (Lipinski definition) is 3. The normalized spacial score (nSPS) is 21.3. The van der Waals surface area contributed by atoms with Gasteiger partial charge in [-0.3, -0.25) is 4.90 Å². The number of rotatable bonds is 4. The van der Waals surface area contributed by atoms with Gasteiger partial charge in [0.25, 0.3) is 0 Å². The third-order valence-electron chi connectivity index (χ3n) is 5.59. The Morgan fingerprint density at radius 2 is 1.63 bits per heavy atom. The molecule has 0 radical (unpaired) electrons. The Morgan fingerprint density at radius 1 is 0.926 bits per heavy atom. The van der Waals surface area contributed by atoms with E-state index < -0.39 is 10.0 Å². The van der Waals surface area contributed by atoms with Crippen LogP contribution >= 0.6 is 12.4 Å². The number of fused-ring (bicyclic) bond motifs is 1. The fourth-order valence-corrected chi connectivity index (χ4v) is 5.79. The van der Waals surface area contributed by atoms with Crippen LogP contribution in [0.4, 0.5) is 0 Å². The van der Waals surface area contributed by atoms with Crippen molar-refractivity contribution in [1.82, 2.24) is 9.21 Å². The predicted octanol–water partition coefficient (Wildman–Crippen LogP) is 3.57. The van der Waals surface area contributed by atoms with Crippen LogP contribution in [-0.2, 0) is 23.0 Å². The van der Waals surface area contributed by atoms with Gasteiger partial charge >= 0.3 is 0 Å². The number of benzene rings is 2. The Bertz CT molecular complexity index is 857. The van der Waals surface area contributed by atoms with Crippen LogP contribution < -0.4 is 0 Å². The van der Waals surface area contributed by atoms with Gasteiger partial charge in [0.05, 0.1) is 4.90 Å². The van der Waals surface area contributed by atoms with Gasteiger partial charge in [0.15, 0.2) is 0 Å². The number of halogens is 1. The molecule has 1 unspecified atom stereocenters. The number of sulfonamides is 1. The molecule has 1 fully saturated rings. The van der Waals surface area contributed by atoms with Crippen LogP contribution in [0.5, 0.6) is 0 Å². The summed E-state index contributed by atoms with van der Waals surface area (Å²) in [6.07, 6.45) is 3.15. The zero-order valence-corrected chi connectivity index (χ0v) is 17.1. The SMILES string of the molecule is Cl.O=S(=O)(c1ccccc1)N1CCCC(CN2CCc3ccccc3C2)C1. The van der Waals surface area contributed by atoms with Crippen molar-refractivity contribution in [3.05, 3.63) is 65.7 Å². The average molecular weight is 407 g/mol. The Balaban J connectivity index is 0.00000210. The van der Waals surface area contributed by atoms with Gasteiger partial charge < -0.3 is 0 Å². The van der Waals surface area contributed by atoms with Gasteiger partial charge in [0.1, 0.15) is 0 Å². The van der Waals surface area contributed by atoms with Gasteiger partial charge in [-0.25, -0.2) is 8.42 Å². The molecule has 2 aliphatic rings. The van der Waals surface area contributed by atoms with Crippen molar-refractivity contribution in [2.45, 2.75) is 30.7 Å². The molecule has 0 aromatic heterocycles. The van der Waals surface area contributed by atoms with Crippen LogP contribution in [0, 0.1) is 5.92 Å². The molecule has 0 saturated carbocycles. The molecule has 2 aliphatic heterocycles. The van der Waals surface area contributed by atoms with Crippen LogP contribution in [0.1, 0.15) is 24.0 Å². The fraction of sp³-hybridized carbons (Fsp3) is 0.429. The maximum atomic E-state index is 12.9. The highest BCUT2D eigenvalue weighted by Crippen LogP contribution is 2.26. The number of piperidine rings is 1. The summed E-state index contributed by atoms with van der Waals surface area (Å²) in [5, 5.41) is 0. The van der Waals surface area contributed by atoms with E-state index in [0.717, 1.165) is 38.9 Å². The largest absolute Gasteiger partial charge is 0.298 e. The molecule has 6 heteroatoms. The molecule has 2 aromatic rings. The summed E-state index contributed by atoms with van der Waals surface area (Å²) in [6, 6.07) is 17.5. The first-order valence-corrected chi connectivity index (χ1v) is 10.9. The molecule has 0 aliphatic carbocycles. The summed E-state index contributed by atoms with van der Waals surface area (Å²) in [5.74, 6) is 0.410. The van der Waals surface area contributed by atoms with Gasteiger partial charge in [-0.15, -0.1) is 12.4 Å². The van der Waals surface area contributed by atoms with Crippen LogP contribution in [0.25, 0.3) is 0 Å². The highest BCUT2D eigenvalue weighted by molar-refractivity contribution is 7.89. The molecule has 0 amide bonds. The first-order valence-electron chi connectivity index (χ1n) is 9.47. The van der Waals surface area contributed by atoms with Crippen molar-refractivity contribution in [3.63, 3.8) is 0 Å². The van der Waals surface area contributed by atoms with E-state index in [9.17, 15) is 8.42 Å². The van der Waals surface area contributed by atoms with Crippen molar-refractivity contribution in [1.29, 1.82) is 0 Å². The molecule has 2 heterocycles. The quantitative estimate of drug-likeness (QED) is 0.779. The molecule has 1 atom stereocenters. The van der Waals surface area contributed by atoms with Gasteiger partial charge in [-0.2, -0.15) is 4.31 Å². The van der Waals surface area contributed by atoms with Gasteiger partial charge in [-0.05, 0) is 48.4 Å². The van der Waals surface area contributed by atoms with E-state index in [-0.39, 0.29) is 12.4 Å². The summed E-state index contributed by atoms with van der Waals surface area (Å²) in [5.41, 5.74) is 2.88. The Labute approximate surface area is 168 Å². The third kappa shape index (κ3) is 4.54. The molecule has 4 nitrogen and oxygen atoms in total. The van der Waals surface area contributed by atoms with E-state index in [0.29, 0.717) is 23.9 Å². The summed E-state index contributed by atoms with van der Waals surface area (Å²) in [6.45, 7) is 4.30. The van der Waals surface area contributed by atoms with Crippen LogP contribution in [-0.4, -0.2) is 43.8 Å². The second-order valence-electron chi connectivity index (χ2n) is 7.44. The molecule has 4 rings (SSSR count). The minimum atomic E-state index is -3.37. The predicted molar refractivity (Wildman–Crippen MR) is 111 cm³/mol. The number of nitrogens with zero attached hydrogens (tertiary/aromatic N) is 2. The van der Waals surface area contributed by atoms with Crippen LogP contribution in [0.2, 0.25) is 0 Å². The maximum Gasteiger partial charge on any atom is 0.243 e. The first-order chi connectivity index (χ1) is 12.6. The van der Waals surface area contributed by atoms with Crippen molar-refractivity contribution >= 4 is 22.4 Å². The highest BCUT2D eigenvalue weighted by Gasteiger charge is 2.31. The Morgan fingerprint density at radius 3 is 2.41 bits per heavy atom. The molecule has 27 heavy (non-hydrogen) atoms. The molecule has 0 bridgehead atoms. The Kier molecular flexibility index (Phi) is 6.58. The van der Waals surface area contributed by atoms with Gasteiger partial charge in [0.2, 0.25) is 10.0 Å². The van der Waals surface area contributed by atoms with Crippen LogP contribution in [0.15, 0.2) is 59.5 Å². The van der Waals surface area contributed by atoms with E-state index in [1.165, 1.54) is 11.1 Å². The summed E-state index contributed by atoms with van der Waals surface area (Å²) in [4.78, 5) is 2.90. The van der Waals surface area contributed by atoms with Crippen molar-refractivity contribution < 1.29 is 8.42 Å². The summed E-state index contributed by atoms with van der Waals surface area (Å²) in [7, 11) is -3.37. The molecule has 1 saturated heterocycles. The molecule has 146 valence electrons. The van der Waals surface area contributed by atoms with Crippen LogP contribution in [0.3, 0.4) is 0 Å². The molecule has 0 N–H and O–H groups in total. The molecular weight excluding hydrogens is 380 g/mol. The van der Waals surface area contributed by atoms with Gasteiger partial charge in [0, 0.05) is 32.7 Å². The zero-order valence-electron chi connectivity index (χ0n) is 15.5. The topological polar surface area (TPSA) is 40.6 Å². The van der Waals surface area contributed by atoms with E-state index in [4.69, 9.17) is 0 Å². The minimum absolute atomic E-state index is 0. The lowest BCUT2D eigenvalue weighted by Gasteiger charge is -2.36. The Hall–Kier alpha value is -1.40. The first kappa shape index (κ1) is 20.3. The van der Waals surface area contributed by atoms with E-state index >= 15 is 0 Å². The summed E-state index contributed by atoms with van der Waals surface area (Å²) < 4.78 is 27.5. The van der Waals surface area contributed by atoms with Crippen molar-refractivity contribution in [3.8, 4) is 0 Å². The molecule has 2 aromatic carbocycles.